The van der Waals surface area contributed by atoms with Crippen LogP contribution < -0.4 is 10.0 Å². The van der Waals surface area contributed by atoms with E-state index in [9.17, 15) is 30.8 Å². The Morgan fingerprint density at radius 1 is 1.14 bits per heavy atom. The number of hydrogen-bond donors (Lipinski definition) is 3. The first-order chi connectivity index (χ1) is 20.1. The van der Waals surface area contributed by atoms with Crippen LogP contribution in [0.25, 0.3) is 34.0 Å². The third kappa shape index (κ3) is 7.99. The standard InChI is InChI=1S/C27H25ClF4N6O4S/c1-14(34-26(39)42-2)4-9-21-33-11-10-19(35-21)24-23(18-12-17(29)13-20(22(18)28)38-43(3,40)41)36-25(37-24)15-5-7-16(8-6-15)27(30,31)32/h5-8,10-14,38H,4,9H2,1-3H3,(H,34,39)(H,36,37)/t14-/m0/s1. The molecule has 4 rings (SSSR count). The zero-order valence-corrected chi connectivity index (χ0v) is 24.5. The van der Waals surface area contributed by atoms with Gasteiger partial charge < -0.3 is 15.0 Å². The fourth-order valence-electron chi connectivity index (χ4n) is 4.08. The van der Waals surface area contributed by atoms with Gasteiger partial charge >= 0.3 is 12.3 Å². The summed E-state index contributed by atoms with van der Waals surface area (Å²) in [6.07, 6.45) is -1.98. The number of nitrogens with one attached hydrogen (secondary N) is 3. The molecule has 4 aromatic rings. The van der Waals surface area contributed by atoms with E-state index < -0.39 is 33.7 Å². The molecule has 1 amide bonds. The summed E-state index contributed by atoms with van der Waals surface area (Å²) in [7, 11) is -2.59. The Hall–Kier alpha value is -4.24. The fraction of sp³-hybridized carbons (Fsp3) is 0.259. The molecule has 2 aromatic carbocycles. The summed E-state index contributed by atoms with van der Waals surface area (Å²) >= 11 is 6.53. The molecule has 0 radical (unpaired) electrons. The lowest BCUT2D eigenvalue weighted by molar-refractivity contribution is -0.137. The largest absolute Gasteiger partial charge is 0.453 e. The number of alkyl carbamates (subject to hydrolysis) is 1. The molecular formula is C27H25ClF4N6O4S. The zero-order valence-electron chi connectivity index (χ0n) is 22.9. The highest BCUT2D eigenvalue weighted by Crippen LogP contribution is 2.40. The second-order valence-electron chi connectivity index (χ2n) is 9.51. The van der Waals surface area contributed by atoms with Gasteiger partial charge in [0.2, 0.25) is 10.0 Å². The van der Waals surface area contributed by atoms with Crippen LogP contribution in [0.1, 0.15) is 24.7 Å². The number of sulfonamides is 1. The quantitative estimate of drug-likeness (QED) is 0.189. The monoisotopic (exact) mass is 640 g/mol. The Bertz CT molecular complexity index is 1750. The number of halogens is 5. The molecule has 0 aliphatic carbocycles. The van der Waals surface area contributed by atoms with Crippen LogP contribution in [0, 0.1) is 5.82 Å². The van der Waals surface area contributed by atoms with Gasteiger partial charge in [0.15, 0.2) is 0 Å². The zero-order chi connectivity index (χ0) is 31.5. The molecule has 43 heavy (non-hydrogen) atoms. The van der Waals surface area contributed by atoms with Gasteiger partial charge in [-0.2, -0.15) is 13.2 Å². The Balaban J connectivity index is 1.81. The van der Waals surface area contributed by atoms with Crippen molar-refractivity contribution in [3.63, 3.8) is 0 Å². The van der Waals surface area contributed by atoms with Crippen LogP contribution in [0.2, 0.25) is 5.02 Å². The normalized spacial score (nSPS) is 12.6. The van der Waals surface area contributed by atoms with Gasteiger partial charge in [0, 0.05) is 29.8 Å². The van der Waals surface area contributed by atoms with E-state index in [0.717, 1.165) is 30.5 Å². The van der Waals surface area contributed by atoms with E-state index in [4.69, 9.17) is 11.6 Å². The summed E-state index contributed by atoms with van der Waals surface area (Å²) in [5.41, 5.74) is -0.257. The van der Waals surface area contributed by atoms with Crippen molar-refractivity contribution in [2.24, 2.45) is 0 Å². The van der Waals surface area contributed by atoms with Crippen LogP contribution in [0.3, 0.4) is 0 Å². The summed E-state index contributed by atoms with van der Waals surface area (Å²) in [5.74, 6) is -0.323. The second-order valence-corrected chi connectivity index (χ2v) is 11.6. The van der Waals surface area contributed by atoms with E-state index in [-0.39, 0.29) is 50.8 Å². The van der Waals surface area contributed by atoms with Gasteiger partial charge in [-0.1, -0.05) is 23.7 Å². The number of amides is 1. The van der Waals surface area contributed by atoms with Gasteiger partial charge in [-0.15, -0.1) is 0 Å². The maximum atomic E-state index is 14.7. The molecule has 0 saturated carbocycles. The third-order valence-electron chi connectivity index (χ3n) is 6.09. The Kier molecular flexibility index (Phi) is 9.25. The van der Waals surface area contributed by atoms with Crippen molar-refractivity contribution in [1.29, 1.82) is 0 Å². The highest BCUT2D eigenvalue weighted by atomic mass is 35.5. The summed E-state index contributed by atoms with van der Waals surface area (Å²) < 4.78 is 84.7. The van der Waals surface area contributed by atoms with Crippen molar-refractivity contribution in [2.45, 2.75) is 32.0 Å². The lowest BCUT2D eigenvalue weighted by Crippen LogP contribution is -2.32. The number of anilines is 1. The number of alkyl halides is 3. The number of nitrogens with zero attached hydrogens (tertiary/aromatic N) is 3. The van der Waals surface area contributed by atoms with Crippen molar-refractivity contribution < 1.29 is 35.5 Å². The average molecular weight is 641 g/mol. The van der Waals surface area contributed by atoms with Crippen LogP contribution in [0.5, 0.6) is 0 Å². The van der Waals surface area contributed by atoms with E-state index in [1.54, 1.807) is 6.92 Å². The highest BCUT2D eigenvalue weighted by Gasteiger charge is 2.30. The second kappa shape index (κ2) is 12.6. The van der Waals surface area contributed by atoms with Crippen molar-refractivity contribution >= 4 is 33.4 Å². The predicted molar refractivity (Wildman–Crippen MR) is 152 cm³/mol. The summed E-state index contributed by atoms with van der Waals surface area (Å²) in [5, 5.41) is 2.47. The minimum Gasteiger partial charge on any atom is -0.453 e. The Labute approximate surface area is 248 Å². The van der Waals surface area contributed by atoms with Crippen LogP contribution >= 0.6 is 11.6 Å². The van der Waals surface area contributed by atoms with E-state index in [1.807, 2.05) is 0 Å². The van der Waals surface area contributed by atoms with E-state index >= 15 is 0 Å². The number of aromatic amines is 1. The molecule has 3 N–H and O–H groups in total. The summed E-state index contributed by atoms with van der Waals surface area (Å²) in [6, 6.07) is 7.47. The average Bonchev–Trinajstić information content (AvgIpc) is 3.38. The smallest absolute Gasteiger partial charge is 0.416 e. The molecule has 0 fully saturated rings. The predicted octanol–water partition coefficient (Wildman–Crippen LogP) is 6.06. The first-order valence-electron chi connectivity index (χ1n) is 12.6. The van der Waals surface area contributed by atoms with Gasteiger partial charge in [0.05, 0.1) is 41.0 Å². The first kappa shape index (κ1) is 31.7. The van der Waals surface area contributed by atoms with Gasteiger partial charge in [0.1, 0.15) is 23.2 Å². The van der Waals surface area contributed by atoms with Crippen molar-refractivity contribution in [3.8, 4) is 34.0 Å². The van der Waals surface area contributed by atoms with E-state index in [1.165, 1.54) is 31.5 Å². The molecule has 16 heteroatoms. The molecule has 2 aromatic heterocycles. The van der Waals surface area contributed by atoms with Crippen LogP contribution in [0.4, 0.5) is 28.0 Å². The number of benzene rings is 2. The number of hydrogen-bond acceptors (Lipinski definition) is 7. The minimum absolute atomic E-state index is 0.00621. The number of H-pyrrole nitrogens is 1. The van der Waals surface area contributed by atoms with Gasteiger partial charge in [-0.05, 0) is 43.7 Å². The van der Waals surface area contributed by atoms with Gasteiger partial charge in [-0.25, -0.2) is 32.6 Å². The number of rotatable bonds is 9. The van der Waals surface area contributed by atoms with Crippen molar-refractivity contribution in [1.82, 2.24) is 25.3 Å². The number of imidazole rings is 1. The molecule has 228 valence electrons. The SMILES string of the molecule is COC(=O)N[C@@H](C)CCc1nccc(-c2[nH]c(-c3ccc(C(F)(F)F)cc3)nc2-c2cc(F)cc(NS(C)(=O)=O)c2Cl)n1. The molecule has 0 bridgehead atoms. The Morgan fingerprint density at radius 2 is 1.84 bits per heavy atom. The lowest BCUT2D eigenvalue weighted by Gasteiger charge is -2.13. The van der Waals surface area contributed by atoms with Gasteiger partial charge in [-0.3, -0.25) is 4.72 Å². The molecule has 0 aliphatic rings. The van der Waals surface area contributed by atoms with E-state index in [2.05, 4.69) is 34.7 Å². The minimum atomic E-state index is -4.54. The molecule has 0 unspecified atom stereocenters. The molecule has 2 heterocycles. The van der Waals surface area contributed by atoms with Crippen molar-refractivity contribution in [3.05, 3.63) is 70.9 Å². The maximum absolute atomic E-state index is 14.7. The number of methoxy groups -OCH3 is 1. The number of aryl methyl sites for hydroxylation is 1. The summed E-state index contributed by atoms with van der Waals surface area (Å²) in [6.45, 7) is 1.78. The molecule has 10 nitrogen and oxygen atoms in total. The highest BCUT2D eigenvalue weighted by molar-refractivity contribution is 7.92. The summed E-state index contributed by atoms with van der Waals surface area (Å²) in [4.78, 5) is 27.9. The first-order valence-corrected chi connectivity index (χ1v) is 14.8. The number of carbonyl (C=O) groups excluding carboxylic acids is 1. The molecule has 0 aliphatic heterocycles. The molecular weight excluding hydrogens is 616 g/mol. The molecule has 0 saturated heterocycles. The van der Waals surface area contributed by atoms with E-state index in [0.29, 0.717) is 18.7 Å². The fourth-order valence-corrected chi connectivity index (χ4v) is 4.94. The van der Waals surface area contributed by atoms with Crippen LogP contribution in [-0.2, 0) is 27.4 Å². The van der Waals surface area contributed by atoms with Gasteiger partial charge in [0.25, 0.3) is 0 Å². The lowest BCUT2D eigenvalue weighted by atomic mass is 10.1. The molecule has 1 atom stereocenters. The number of carbonyl (C=O) groups is 1. The maximum Gasteiger partial charge on any atom is 0.416 e. The van der Waals surface area contributed by atoms with Crippen molar-refractivity contribution in [2.75, 3.05) is 18.1 Å². The number of ether oxygens (including phenoxy) is 1. The third-order valence-corrected chi connectivity index (χ3v) is 7.09. The van der Waals surface area contributed by atoms with Crippen LogP contribution in [-0.4, -0.2) is 53.9 Å². The topological polar surface area (TPSA) is 139 Å². The number of aromatic nitrogens is 4. The molecule has 0 spiro atoms. The Morgan fingerprint density at radius 3 is 2.47 bits per heavy atom. The van der Waals surface area contributed by atoms with Crippen LogP contribution in [0.15, 0.2) is 48.7 Å².